The van der Waals surface area contributed by atoms with Gasteiger partial charge >= 0.3 is 0 Å². The third-order valence-electron chi connectivity index (χ3n) is 6.52. The van der Waals surface area contributed by atoms with Gasteiger partial charge in [-0.15, -0.1) is 0 Å². The molecule has 2 N–H and O–H groups in total. The van der Waals surface area contributed by atoms with Crippen molar-refractivity contribution in [2.24, 2.45) is 5.92 Å². The number of aryl methyl sites for hydroxylation is 1. The number of anilines is 2. The summed E-state index contributed by atoms with van der Waals surface area (Å²) in [6.45, 7) is 5.13. The van der Waals surface area contributed by atoms with Crippen molar-refractivity contribution in [3.63, 3.8) is 0 Å². The molecule has 1 atom stereocenters. The minimum absolute atomic E-state index is 0.0983. The molecule has 7 heteroatoms. The van der Waals surface area contributed by atoms with Crippen LogP contribution in [0.1, 0.15) is 31.2 Å². The lowest BCUT2D eigenvalue weighted by Crippen LogP contribution is -2.57. The lowest BCUT2D eigenvalue weighted by molar-refractivity contribution is -0.123. The second-order valence-electron chi connectivity index (χ2n) is 8.80. The quantitative estimate of drug-likeness (QED) is 0.645. The van der Waals surface area contributed by atoms with E-state index in [4.69, 9.17) is 12.2 Å². The second-order valence-corrected chi connectivity index (χ2v) is 9.19. The van der Waals surface area contributed by atoms with Crippen molar-refractivity contribution in [1.82, 2.24) is 9.80 Å². The molecule has 32 heavy (non-hydrogen) atoms. The van der Waals surface area contributed by atoms with E-state index >= 15 is 0 Å². The molecule has 0 bridgehead atoms. The summed E-state index contributed by atoms with van der Waals surface area (Å²) in [6.07, 6.45) is 4.61. The number of nitrogens with zero attached hydrogens (tertiary/aromatic N) is 2. The molecule has 4 rings (SSSR count). The van der Waals surface area contributed by atoms with E-state index in [1.54, 1.807) is 12.1 Å². The summed E-state index contributed by atoms with van der Waals surface area (Å²) in [5.41, 5.74) is 2.81. The smallest absolute Gasteiger partial charge is 0.242 e. The molecule has 0 radical (unpaired) electrons. The predicted octanol–water partition coefficient (Wildman–Crippen LogP) is 4.65. The van der Waals surface area contributed by atoms with Gasteiger partial charge in [-0.05, 0) is 74.3 Å². The zero-order valence-electron chi connectivity index (χ0n) is 18.5. The number of piperazine rings is 1. The monoisotopic (exact) mass is 454 g/mol. The first-order chi connectivity index (χ1) is 15.5. The number of hydrogen-bond donors (Lipinski definition) is 2. The molecule has 1 unspecified atom stereocenters. The SMILES string of the molecule is Cc1ccc(NC(=O)C(C2CCCC2)N2CCN(C(=S)Nc3ccc(F)cc3)CC2)cc1. The minimum atomic E-state index is -0.267. The zero-order chi connectivity index (χ0) is 22.5. The van der Waals surface area contributed by atoms with Crippen molar-refractivity contribution in [3.05, 3.63) is 59.9 Å². The summed E-state index contributed by atoms with van der Waals surface area (Å²) in [4.78, 5) is 17.8. The number of nitrogens with one attached hydrogen (secondary N) is 2. The van der Waals surface area contributed by atoms with Gasteiger partial charge in [0.15, 0.2) is 5.11 Å². The molecule has 5 nitrogen and oxygen atoms in total. The molecule has 1 heterocycles. The zero-order valence-corrected chi connectivity index (χ0v) is 19.3. The van der Waals surface area contributed by atoms with Crippen LogP contribution in [0.3, 0.4) is 0 Å². The number of rotatable bonds is 5. The lowest BCUT2D eigenvalue weighted by Gasteiger charge is -2.41. The van der Waals surface area contributed by atoms with Gasteiger partial charge in [-0.2, -0.15) is 0 Å². The molecule has 2 fully saturated rings. The van der Waals surface area contributed by atoms with Gasteiger partial charge in [0.25, 0.3) is 0 Å². The Morgan fingerprint density at radius 2 is 1.50 bits per heavy atom. The van der Waals surface area contributed by atoms with E-state index in [-0.39, 0.29) is 17.8 Å². The molecule has 0 spiro atoms. The summed E-state index contributed by atoms with van der Waals surface area (Å²) >= 11 is 5.57. The maximum Gasteiger partial charge on any atom is 0.242 e. The average Bonchev–Trinajstić information content (AvgIpc) is 3.32. The van der Waals surface area contributed by atoms with Crippen molar-refractivity contribution >= 4 is 34.6 Å². The highest BCUT2D eigenvalue weighted by Crippen LogP contribution is 2.31. The number of halogens is 1. The van der Waals surface area contributed by atoms with Crippen LogP contribution in [0, 0.1) is 18.7 Å². The first-order valence-corrected chi connectivity index (χ1v) is 11.8. The fourth-order valence-corrected chi connectivity index (χ4v) is 5.04. The third kappa shape index (κ3) is 5.64. The third-order valence-corrected chi connectivity index (χ3v) is 6.88. The number of benzene rings is 2. The van der Waals surface area contributed by atoms with Crippen LogP contribution >= 0.6 is 12.2 Å². The molecule has 1 aliphatic heterocycles. The predicted molar refractivity (Wildman–Crippen MR) is 131 cm³/mol. The number of thiocarbonyl (C=S) groups is 1. The highest BCUT2D eigenvalue weighted by molar-refractivity contribution is 7.80. The summed E-state index contributed by atoms with van der Waals surface area (Å²) in [5.74, 6) is 0.231. The Kier molecular flexibility index (Phi) is 7.37. The molecule has 1 amide bonds. The summed E-state index contributed by atoms with van der Waals surface area (Å²) < 4.78 is 13.1. The fraction of sp³-hybridized carbons (Fsp3) is 0.440. The Hall–Kier alpha value is -2.51. The van der Waals surface area contributed by atoms with Gasteiger partial charge in [0.2, 0.25) is 5.91 Å². The van der Waals surface area contributed by atoms with E-state index in [9.17, 15) is 9.18 Å². The van der Waals surface area contributed by atoms with Gasteiger partial charge in [0, 0.05) is 37.6 Å². The minimum Gasteiger partial charge on any atom is -0.346 e. The van der Waals surface area contributed by atoms with Crippen molar-refractivity contribution in [3.8, 4) is 0 Å². The first-order valence-electron chi connectivity index (χ1n) is 11.4. The van der Waals surface area contributed by atoms with Gasteiger partial charge in [-0.3, -0.25) is 9.69 Å². The molecule has 1 saturated carbocycles. The van der Waals surface area contributed by atoms with Gasteiger partial charge < -0.3 is 15.5 Å². The second kappa shape index (κ2) is 10.4. The number of hydrogen-bond acceptors (Lipinski definition) is 3. The maximum absolute atomic E-state index is 13.3. The van der Waals surface area contributed by atoms with E-state index in [0.717, 1.165) is 50.4 Å². The van der Waals surface area contributed by atoms with Gasteiger partial charge in [0.1, 0.15) is 5.82 Å². The van der Waals surface area contributed by atoms with E-state index in [0.29, 0.717) is 11.0 Å². The number of carbonyl (C=O) groups is 1. The van der Waals surface area contributed by atoms with Crippen LogP contribution in [0.15, 0.2) is 48.5 Å². The van der Waals surface area contributed by atoms with Crippen LogP contribution in [-0.4, -0.2) is 53.0 Å². The molecule has 2 aromatic rings. The van der Waals surface area contributed by atoms with Crippen LogP contribution in [0.4, 0.5) is 15.8 Å². The van der Waals surface area contributed by atoms with E-state index in [1.807, 2.05) is 31.2 Å². The molecule has 1 saturated heterocycles. The molecule has 2 aromatic carbocycles. The van der Waals surface area contributed by atoms with Crippen LogP contribution in [0.25, 0.3) is 0 Å². The van der Waals surface area contributed by atoms with Crippen LogP contribution in [0.2, 0.25) is 0 Å². The highest BCUT2D eigenvalue weighted by Gasteiger charge is 2.37. The van der Waals surface area contributed by atoms with Crippen molar-refractivity contribution in [1.29, 1.82) is 0 Å². The average molecular weight is 455 g/mol. The van der Waals surface area contributed by atoms with E-state index < -0.39 is 0 Å². The topological polar surface area (TPSA) is 47.6 Å². The van der Waals surface area contributed by atoms with Crippen LogP contribution < -0.4 is 10.6 Å². The first kappa shape index (κ1) is 22.7. The van der Waals surface area contributed by atoms with Gasteiger partial charge in [0.05, 0.1) is 6.04 Å². The normalized spacial score (nSPS) is 18.4. The van der Waals surface area contributed by atoms with Crippen LogP contribution in [0.5, 0.6) is 0 Å². The maximum atomic E-state index is 13.3. The highest BCUT2D eigenvalue weighted by atomic mass is 32.1. The standard InChI is InChI=1S/C25H31FN4OS/c1-18-6-10-21(11-7-18)27-24(31)23(19-4-2-3-5-19)29-14-16-30(17-15-29)25(32)28-22-12-8-20(26)9-13-22/h6-13,19,23H,2-5,14-17H2,1H3,(H,27,31)(H,28,32). The molecular weight excluding hydrogens is 423 g/mol. The van der Waals surface area contributed by atoms with Crippen molar-refractivity contribution in [2.45, 2.75) is 38.6 Å². The number of carbonyl (C=O) groups excluding carboxylic acids is 1. The molecule has 170 valence electrons. The molecule has 2 aliphatic rings. The van der Waals surface area contributed by atoms with E-state index in [1.165, 1.54) is 30.5 Å². The molecule has 0 aromatic heterocycles. The Bertz CT molecular complexity index is 920. The summed E-state index contributed by atoms with van der Waals surface area (Å²) in [7, 11) is 0. The van der Waals surface area contributed by atoms with Gasteiger partial charge in [-0.1, -0.05) is 30.5 Å². The Morgan fingerprint density at radius 1 is 0.938 bits per heavy atom. The Morgan fingerprint density at radius 3 is 2.12 bits per heavy atom. The van der Waals surface area contributed by atoms with Gasteiger partial charge in [-0.25, -0.2) is 4.39 Å². The van der Waals surface area contributed by atoms with Crippen molar-refractivity contribution < 1.29 is 9.18 Å². The van der Waals surface area contributed by atoms with Crippen molar-refractivity contribution in [2.75, 3.05) is 36.8 Å². The largest absolute Gasteiger partial charge is 0.346 e. The Balaban J connectivity index is 1.37. The lowest BCUT2D eigenvalue weighted by atomic mass is 9.95. The van der Waals surface area contributed by atoms with Crippen LogP contribution in [-0.2, 0) is 4.79 Å². The summed E-state index contributed by atoms with van der Waals surface area (Å²) in [5, 5.41) is 6.98. The number of amides is 1. The molecular formula is C25H31FN4OS. The Labute approximate surface area is 195 Å². The summed E-state index contributed by atoms with van der Waals surface area (Å²) in [6, 6.07) is 14.1. The van der Waals surface area contributed by atoms with E-state index in [2.05, 4.69) is 20.4 Å². The fourth-order valence-electron chi connectivity index (χ4n) is 4.74. The molecule has 1 aliphatic carbocycles.